The van der Waals surface area contributed by atoms with Gasteiger partial charge in [-0.3, -0.25) is 4.79 Å². The number of carbonyl (C=O) groups is 1. The highest BCUT2D eigenvalue weighted by Gasteiger charge is 2.25. The molecule has 1 amide bonds. The van der Waals surface area contributed by atoms with Crippen LogP contribution in [0.5, 0.6) is 0 Å². The molecule has 0 aromatic carbocycles. The zero-order valence-corrected chi connectivity index (χ0v) is 10.3. The molecule has 0 spiro atoms. The van der Waals surface area contributed by atoms with Crippen molar-refractivity contribution in [1.82, 2.24) is 25.1 Å². The SMILES string of the molecule is CC(Sc1nnnn1C)C(=O)N1CCCC1. The van der Waals surface area contributed by atoms with Crippen LogP contribution < -0.4 is 0 Å². The predicted octanol–water partition coefficient (Wildman–Crippen LogP) is 0.313. The monoisotopic (exact) mass is 241 g/mol. The Morgan fingerprint density at radius 2 is 2.12 bits per heavy atom. The summed E-state index contributed by atoms with van der Waals surface area (Å²) in [7, 11) is 1.77. The minimum absolute atomic E-state index is 0.122. The minimum atomic E-state index is -0.122. The van der Waals surface area contributed by atoms with Gasteiger partial charge in [0, 0.05) is 20.1 Å². The number of thioether (sulfide) groups is 1. The van der Waals surface area contributed by atoms with Gasteiger partial charge in [0.15, 0.2) is 0 Å². The molecule has 0 radical (unpaired) electrons. The summed E-state index contributed by atoms with van der Waals surface area (Å²) in [6.45, 7) is 3.68. The largest absolute Gasteiger partial charge is 0.342 e. The Morgan fingerprint density at radius 3 is 2.69 bits per heavy atom. The van der Waals surface area contributed by atoms with Crippen molar-refractivity contribution >= 4 is 17.7 Å². The summed E-state index contributed by atoms with van der Waals surface area (Å²) in [5.41, 5.74) is 0. The third-order valence-electron chi connectivity index (χ3n) is 2.63. The molecule has 1 aliphatic rings. The van der Waals surface area contributed by atoms with Gasteiger partial charge in [0.05, 0.1) is 5.25 Å². The van der Waals surface area contributed by atoms with Crippen molar-refractivity contribution in [2.45, 2.75) is 30.2 Å². The number of amides is 1. The second kappa shape index (κ2) is 4.82. The molecule has 1 fully saturated rings. The van der Waals surface area contributed by atoms with E-state index >= 15 is 0 Å². The van der Waals surface area contributed by atoms with Crippen LogP contribution in [0.1, 0.15) is 19.8 Å². The smallest absolute Gasteiger partial charge is 0.235 e. The summed E-state index contributed by atoms with van der Waals surface area (Å²) < 4.78 is 1.58. The Kier molecular flexibility index (Phi) is 3.42. The Balaban J connectivity index is 1.94. The normalized spacial score (nSPS) is 17.8. The molecule has 7 heteroatoms. The molecule has 2 heterocycles. The minimum Gasteiger partial charge on any atom is -0.342 e. The molecule has 1 aromatic rings. The van der Waals surface area contributed by atoms with Crippen molar-refractivity contribution in [1.29, 1.82) is 0 Å². The van der Waals surface area contributed by atoms with E-state index in [1.807, 2.05) is 11.8 Å². The van der Waals surface area contributed by atoms with Gasteiger partial charge in [0.25, 0.3) is 0 Å². The van der Waals surface area contributed by atoms with Gasteiger partial charge in [0.2, 0.25) is 11.1 Å². The van der Waals surface area contributed by atoms with Crippen LogP contribution in [0, 0.1) is 0 Å². The molecule has 0 aliphatic carbocycles. The number of aromatic nitrogens is 4. The van der Waals surface area contributed by atoms with Crippen molar-refractivity contribution in [3.8, 4) is 0 Å². The van der Waals surface area contributed by atoms with E-state index in [1.165, 1.54) is 11.8 Å². The highest BCUT2D eigenvalue weighted by Crippen LogP contribution is 2.22. The number of tetrazole rings is 1. The molecule has 1 saturated heterocycles. The van der Waals surface area contributed by atoms with Crippen molar-refractivity contribution in [3.05, 3.63) is 0 Å². The van der Waals surface area contributed by atoms with Gasteiger partial charge in [-0.1, -0.05) is 11.8 Å². The van der Waals surface area contributed by atoms with Gasteiger partial charge in [0.1, 0.15) is 0 Å². The summed E-state index contributed by atoms with van der Waals surface area (Å²) in [4.78, 5) is 13.9. The zero-order chi connectivity index (χ0) is 11.5. The van der Waals surface area contributed by atoms with Crippen molar-refractivity contribution < 1.29 is 4.79 Å². The maximum absolute atomic E-state index is 12.0. The quantitative estimate of drug-likeness (QED) is 0.713. The lowest BCUT2D eigenvalue weighted by Crippen LogP contribution is -2.34. The third-order valence-corrected chi connectivity index (χ3v) is 3.74. The molecule has 1 aromatic heterocycles. The van der Waals surface area contributed by atoms with E-state index in [2.05, 4.69) is 15.5 Å². The molecule has 0 bridgehead atoms. The molecular formula is C9H15N5OS. The van der Waals surface area contributed by atoms with Crippen LogP contribution in [0.25, 0.3) is 0 Å². The molecule has 88 valence electrons. The highest BCUT2D eigenvalue weighted by atomic mass is 32.2. The second-order valence-electron chi connectivity index (χ2n) is 3.88. The van der Waals surface area contributed by atoms with Crippen LogP contribution in [0.3, 0.4) is 0 Å². The standard InChI is InChI=1S/C9H15N5OS/c1-7(8(15)14-5-3-4-6-14)16-9-10-11-12-13(9)2/h7H,3-6H2,1-2H3. The highest BCUT2D eigenvalue weighted by molar-refractivity contribution is 8.00. The number of rotatable bonds is 3. The fraction of sp³-hybridized carbons (Fsp3) is 0.778. The Hall–Kier alpha value is -1.11. The number of likely N-dealkylation sites (tertiary alicyclic amines) is 1. The maximum Gasteiger partial charge on any atom is 0.235 e. The molecule has 1 atom stereocenters. The van der Waals surface area contributed by atoms with Crippen molar-refractivity contribution in [3.63, 3.8) is 0 Å². The van der Waals surface area contributed by atoms with Crippen LogP contribution in [0.15, 0.2) is 5.16 Å². The first-order valence-electron chi connectivity index (χ1n) is 5.36. The van der Waals surface area contributed by atoms with Gasteiger partial charge in [-0.2, -0.15) is 0 Å². The average Bonchev–Trinajstić information content (AvgIpc) is 2.89. The Morgan fingerprint density at radius 1 is 1.44 bits per heavy atom. The molecular weight excluding hydrogens is 226 g/mol. The van der Waals surface area contributed by atoms with Crippen molar-refractivity contribution in [2.75, 3.05) is 13.1 Å². The van der Waals surface area contributed by atoms with Crippen LogP contribution in [-0.2, 0) is 11.8 Å². The third kappa shape index (κ3) is 2.34. The van der Waals surface area contributed by atoms with Crippen LogP contribution in [-0.4, -0.2) is 49.4 Å². The summed E-state index contributed by atoms with van der Waals surface area (Å²) >= 11 is 1.41. The van der Waals surface area contributed by atoms with Gasteiger partial charge < -0.3 is 4.90 Å². The topological polar surface area (TPSA) is 63.9 Å². The van der Waals surface area contributed by atoms with E-state index < -0.39 is 0 Å². The van der Waals surface area contributed by atoms with E-state index in [9.17, 15) is 4.79 Å². The fourth-order valence-electron chi connectivity index (χ4n) is 1.72. The summed E-state index contributed by atoms with van der Waals surface area (Å²) in [6.07, 6.45) is 2.24. The van der Waals surface area contributed by atoms with Gasteiger partial charge in [-0.05, 0) is 30.2 Å². The molecule has 0 saturated carbocycles. The van der Waals surface area contributed by atoms with Crippen LogP contribution in [0.4, 0.5) is 0 Å². The van der Waals surface area contributed by atoms with Crippen molar-refractivity contribution in [2.24, 2.45) is 7.05 Å². The molecule has 2 rings (SSSR count). The molecule has 1 unspecified atom stereocenters. The molecule has 6 nitrogen and oxygen atoms in total. The van der Waals surface area contributed by atoms with E-state index in [0.717, 1.165) is 25.9 Å². The van der Waals surface area contributed by atoms with E-state index in [4.69, 9.17) is 0 Å². The summed E-state index contributed by atoms with van der Waals surface area (Å²) in [5.74, 6) is 0.186. The number of aryl methyl sites for hydroxylation is 1. The molecule has 0 N–H and O–H groups in total. The van der Waals surface area contributed by atoms with E-state index in [-0.39, 0.29) is 11.2 Å². The number of carbonyl (C=O) groups excluding carboxylic acids is 1. The molecule has 1 aliphatic heterocycles. The average molecular weight is 241 g/mol. The van der Waals surface area contributed by atoms with Crippen LogP contribution >= 0.6 is 11.8 Å². The Labute approximate surface area is 98.4 Å². The van der Waals surface area contributed by atoms with Crippen LogP contribution in [0.2, 0.25) is 0 Å². The second-order valence-corrected chi connectivity index (χ2v) is 5.19. The summed E-state index contributed by atoms with van der Waals surface area (Å²) in [6, 6.07) is 0. The van der Waals surface area contributed by atoms with E-state index in [0.29, 0.717) is 5.16 Å². The lowest BCUT2D eigenvalue weighted by molar-refractivity contribution is -0.129. The first-order valence-corrected chi connectivity index (χ1v) is 6.24. The zero-order valence-electron chi connectivity index (χ0n) is 9.46. The van der Waals surface area contributed by atoms with Gasteiger partial charge in [-0.15, -0.1) is 5.10 Å². The lowest BCUT2D eigenvalue weighted by Gasteiger charge is -2.19. The lowest BCUT2D eigenvalue weighted by atomic mass is 10.4. The number of nitrogens with zero attached hydrogens (tertiary/aromatic N) is 5. The first-order chi connectivity index (χ1) is 7.68. The fourth-order valence-corrected chi connectivity index (χ4v) is 2.56. The van der Waals surface area contributed by atoms with E-state index in [1.54, 1.807) is 11.7 Å². The van der Waals surface area contributed by atoms with Gasteiger partial charge >= 0.3 is 0 Å². The Bertz CT molecular complexity index is 374. The maximum atomic E-state index is 12.0. The number of hydrogen-bond donors (Lipinski definition) is 0. The predicted molar refractivity (Wildman–Crippen MR) is 59.9 cm³/mol. The molecule has 16 heavy (non-hydrogen) atoms. The number of hydrogen-bond acceptors (Lipinski definition) is 5. The van der Waals surface area contributed by atoms with Gasteiger partial charge in [-0.25, -0.2) is 4.68 Å². The first kappa shape index (κ1) is 11.4. The summed E-state index contributed by atoms with van der Waals surface area (Å²) in [5, 5.41) is 11.7.